The van der Waals surface area contributed by atoms with Crippen LogP contribution in [-0.2, 0) is 9.53 Å². The number of morpholine rings is 1. The Kier molecular flexibility index (Phi) is 7.00. The highest BCUT2D eigenvalue weighted by Gasteiger charge is 2.19. The fraction of sp³-hybridized carbons (Fsp3) is 0.286. The van der Waals surface area contributed by atoms with E-state index in [1.165, 1.54) is 0 Å². The van der Waals surface area contributed by atoms with Crippen LogP contribution in [0.5, 0.6) is 0 Å². The average molecular weight is 415 g/mol. The molecule has 0 bridgehead atoms. The van der Waals surface area contributed by atoms with Crippen molar-refractivity contribution < 1.29 is 9.53 Å². The first kappa shape index (κ1) is 18.8. The fourth-order valence-electron chi connectivity index (χ4n) is 2.96. The van der Waals surface area contributed by atoms with E-state index < -0.39 is 0 Å². The number of benzene rings is 2. The Morgan fingerprint density at radius 3 is 2.54 bits per heavy atom. The predicted molar refractivity (Wildman–Crippen MR) is 108 cm³/mol. The maximum Gasteiger partial charge on any atom is 0.244 e. The molecule has 0 aromatic heterocycles. The Hall–Kier alpha value is -1.95. The molecule has 0 aliphatic carbocycles. The normalized spacial score (nSPS) is 16.5. The Balaban J connectivity index is 1.68. The Morgan fingerprint density at radius 1 is 1.12 bits per heavy atom. The van der Waals surface area contributed by atoms with Crippen LogP contribution in [0.3, 0.4) is 0 Å². The third-order valence-corrected chi connectivity index (χ3v) is 5.10. The summed E-state index contributed by atoms with van der Waals surface area (Å²) < 4.78 is 6.39. The van der Waals surface area contributed by atoms with Crippen molar-refractivity contribution in [2.75, 3.05) is 32.8 Å². The van der Waals surface area contributed by atoms with E-state index in [0.29, 0.717) is 0 Å². The highest BCUT2D eigenvalue weighted by Crippen LogP contribution is 2.18. The molecule has 0 spiro atoms. The zero-order valence-corrected chi connectivity index (χ0v) is 16.2. The number of nitrogens with one attached hydrogen (secondary N) is 1. The molecule has 1 saturated heterocycles. The molecule has 0 radical (unpaired) electrons. The number of nitrogens with zero attached hydrogens (tertiary/aromatic N) is 1. The molecule has 1 atom stereocenters. The molecule has 26 heavy (non-hydrogen) atoms. The summed E-state index contributed by atoms with van der Waals surface area (Å²) >= 11 is 3.50. The van der Waals surface area contributed by atoms with E-state index in [2.05, 4.69) is 38.3 Å². The molecule has 4 nitrogen and oxygen atoms in total. The molecule has 3 rings (SSSR count). The van der Waals surface area contributed by atoms with Crippen molar-refractivity contribution in [1.82, 2.24) is 10.2 Å². The molecule has 1 fully saturated rings. The molecule has 5 heteroatoms. The first-order valence-corrected chi connectivity index (χ1v) is 9.60. The quantitative estimate of drug-likeness (QED) is 0.733. The summed E-state index contributed by atoms with van der Waals surface area (Å²) in [4.78, 5) is 14.8. The van der Waals surface area contributed by atoms with Crippen LogP contribution in [0.1, 0.15) is 17.2 Å². The molecule has 1 heterocycles. The van der Waals surface area contributed by atoms with E-state index in [4.69, 9.17) is 4.74 Å². The van der Waals surface area contributed by atoms with Gasteiger partial charge in [-0.1, -0.05) is 64.5 Å². The summed E-state index contributed by atoms with van der Waals surface area (Å²) in [6, 6.07) is 17.9. The smallest absolute Gasteiger partial charge is 0.244 e. The van der Waals surface area contributed by atoms with Gasteiger partial charge in [0.15, 0.2) is 0 Å². The molecule has 1 aliphatic rings. The summed E-state index contributed by atoms with van der Waals surface area (Å²) in [6.45, 7) is 4.06. The second kappa shape index (κ2) is 9.67. The van der Waals surface area contributed by atoms with Crippen LogP contribution >= 0.6 is 15.9 Å². The SMILES string of the molecule is O=C(/C=C/c1ccccc1Br)NC(CN1CCOCC1)c1ccccc1. The molecule has 136 valence electrons. The molecule has 0 saturated carbocycles. The van der Waals surface area contributed by atoms with Crippen molar-refractivity contribution in [2.45, 2.75) is 6.04 Å². The van der Waals surface area contributed by atoms with Crippen LogP contribution in [0.25, 0.3) is 6.08 Å². The lowest BCUT2D eigenvalue weighted by Gasteiger charge is -2.31. The van der Waals surface area contributed by atoms with Crippen LogP contribution in [0.2, 0.25) is 0 Å². The zero-order chi connectivity index (χ0) is 18.2. The van der Waals surface area contributed by atoms with Crippen LogP contribution in [0, 0.1) is 0 Å². The zero-order valence-electron chi connectivity index (χ0n) is 14.6. The lowest BCUT2D eigenvalue weighted by Crippen LogP contribution is -2.42. The standard InChI is InChI=1S/C21H23BrN2O2/c22-19-9-5-4-6-17(19)10-11-21(25)23-20(18-7-2-1-3-8-18)16-24-12-14-26-15-13-24/h1-11,20H,12-16H2,(H,23,25)/b11-10+. The number of hydrogen-bond acceptors (Lipinski definition) is 3. The third kappa shape index (κ3) is 5.53. The first-order chi connectivity index (χ1) is 12.7. The van der Waals surface area contributed by atoms with Gasteiger partial charge in [-0.2, -0.15) is 0 Å². The summed E-state index contributed by atoms with van der Waals surface area (Å²) in [5.41, 5.74) is 2.09. The highest BCUT2D eigenvalue weighted by atomic mass is 79.9. The molecular formula is C21H23BrN2O2. The van der Waals surface area contributed by atoms with Crippen molar-refractivity contribution in [3.05, 3.63) is 76.3 Å². The number of carbonyl (C=O) groups is 1. The van der Waals surface area contributed by atoms with Gasteiger partial charge < -0.3 is 10.1 Å². The summed E-state index contributed by atoms with van der Waals surface area (Å²) in [5.74, 6) is -0.0946. The Morgan fingerprint density at radius 2 is 1.81 bits per heavy atom. The number of carbonyl (C=O) groups excluding carboxylic acids is 1. The maximum absolute atomic E-state index is 12.5. The second-order valence-electron chi connectivity index (χ2n) is 6.24. The topological polar surface area (TPSA) is 41.6 Å². The number of hydrogen-bond donors (Lipinski definition) is 1. The van der Waals surface area contributed by atoms with Gasteiger partial charge in [-0.3, -0.25) is 9.69 Å². The monoisotopic (exact) mass is 414 g/mol. The van der Waals surface area contributed by atoms with Gasteiger partial charge in [-0.15, -0.1) is 0 Å². The molecule has 1 aliphatic heterocycles. The van der Waals surface area contributed by atoms with Crippen LogP contribution < -0.4 is 5.32 Å². The van der Waals surface area contributed by atoms with E-state index in [0.717, 1.165) is 48.4 Å². The van der Waals surface area contributed by atoms with E-state index in [-0.39, 0.29) is 11.9 Å². The van der Waals surface area contributed by atoms with Gasteiger partial charge in [0.05, 0.1) is 19.3 Å². The highest BCUT2D eigenvalue weighted by molar-refractivity contribution is 9.10. The first-order valence-electron chi connectivity index (χ1n) is 8.80. The average Bonchev–Trinajstić information content (AvgIpc) is 2.68. The number of ether oxygens (including phenoxy) is 1. The number of rotatable bonds is 6. The second-order valence-corrected chi connectivity index (χ2v) is 7.09. The molecular weight excluding hydrogens is 392 g/mol. The minimum Gasteiger partial charge on any atom is -0.379 e. The Labute approximate surface area is 163 Å². The predicted octanol–water partition coefficient (Wildman–Crippen LogP) is 3.65. The van der Waals surface area contributed by atoms with Gasteiger partial charge in [0.25, 0.3) is 0 Å². The van der Waals surface area contributed by atoms with E-state index in [1.807, 2.05) is 48.5 Å². The van der Waals surface area contributed by atoms with Crippen molar-refractivity contribution >= 4 is 27.9 Å². The van der Waals surface area contributed by atoms with Crippen molar-refractivity contribution in [1.29, 1.82) is 0 Å². The van der Waals surface area contributed by atoms with Crippen LogP contribution in [-0.4, -0.2) is 43.7 Å². The molecule has 1 N–H and O–H groups in total. The van der Waals surface area contributed by atoms with Gasteiger partial charge in [-0.05, 0) is 23.3 Å². The fourth-order valence-corrected chi connectivity index (χ4v) is 3.37. The van der Waals surface area contributed by atoms with E-state index in [9.17, 15) is 4.79 Å². The largest absolute Gasteiger partial charge is 0.379 e. The van der Waals surface area contributed by atoms with Crippen LogP contribution in [0.15, 0.2) is 65.1 Å². The lowest BCUT2D eigenvalue weighted by molar-refractivity contribution is -0.117. The maximum atomic E-state index is 12.5. The Bertz CT molecular complexity index is 743. The van der Waals surface area contributed by atoms with Crippen molar-refractivity contribution in [3.63, 3.8) is 0 Å². The van der Waals surface area contributed by atoms with E-state index in [1.54, 1.807) is 6.08 Å². The van der Waals surface area contributed by atoms with Gasteiger partial charge in [-0.25, -0.2) is 0 Å². The van der Waals surface area contributed by atoms with Crippen molar-refractivity contribution in [2.24, 2.45) is 0 Å². The molecule has 1 unspecified atom stereocenters. The molecule has 2 aromatic carbocycles. The number of amides is 1. The van der Waals surface area contributed by atoms with Gasteiger partial charge >= 0.3 is 0 Å². The summed E-state index contributed by atoms with van der Waals surface area (Å²) in [7, 11) is 0. The van der Waals surface area contributed by atoms with Gasteiger partial charge in [0.2, 0.25) is 5.91 Å². The van der Waals surface area contributed by atoms with Crippen molar-refractivity contribution in [3.8, 4) is 0 Å². The molecule has 2 aromatic rings. The van der Waals surface area contributed by atoms with Crippen LogP contribution in [0.4, 0.5) is 0 Å². The minimum atomic E-state index is -0.0946. The minimum absolute atomic E-state index is 0.0503. The van der Waals surface area contributed by atoms with Gasteiger partial charge in [0, 0.05) is 30.2 Å². The number of halogens is 1. The summed E-state index contributed by atoms with van der Waals surface area (Å²) in [5, 5.41) is 3.15. The van der Waals surface area contributed by atoms with Gasteiger partial charge in [0.1, 0.15) is 0 Å². The third-order valence-electron chi connectivity index (χ3n) is 4.38. The molecule has 1 amide bonds. The lowest BCUT2D eigenvalue weighted by atomic mass is 10.1. The van der Waals surface area contributed by atoms with E-state index >= 15 is 0 Å². The summed E-state index contributed by atoms with van der Waals surface area (Å²) in [6.07, 6.45) is 3.42.